The molecule has 0 atom stereocenters. The minimum absolute atomic E-state index is 0.130. The van der Waals surface area contributed by atoms with E-state index in [4.69, 9.17) is 19.4 Å². The number of halogens is 3. The fourth-order valence-electron chi connectivity index (χ4n) is 2.89. The Bertz CT molecular complexity index is 710. The van der Waals surface area contributed by atoms with E-state index in [1.807, 2.05) is 23.2 Å². The van der Waals surface area contributed by atoms with Gasteiger partial charge in [-0.05, 0) is 37.9 Å². The van der Waals surface area contributed by atoms with Crippen molar-refractivity contribution in [3.63, 3.8) is 0 Å². The first kappa shape index (κ1) is 21.9. The Balaban J connectivity index is 0.000000345. The number of rotatable bonds is 6. The summed E-state index contributed by atoms with van der Waals surface area (Å²) in [6.45, 7) is 4.28. The number of nitrogens with zero attached hydrogens (tertiary/aromatic N) is 4. The molecule has 11 heteroatoms. The maximum atomic E-state index is 10.6. The molecule has 0 amide bonds. The Morgan fingerprint density at radius 2 is 2.00 bits per heavy atom. The van der Waals surface area contributed by atoms with Gasteiger partial charge < -0.3 is 14.6 Å². The molecule has 1 aliphatic heterocycles. The highest BCUT2D eigenvalue weighted by molar-refractivity contribution is 5.73. The molecule has 0 bridgehead atoms. The predicted octanol–water partition coefficient (Wildman–Crippen LogP) is 1.95. The van der Waals surface area contributed by atoms with Crippen LogP contribution < -0.4 is 0 Å². The van der Waals surface area contributed by atoms with Gasteiger partial charge in [0.05, 0.1) is 18.2 Å². The van der Waals surface area contributed by atoms with Crippen molar-refractivity contribution >= 4 is 5.97 Å². The first-order valence-corrected chi connectivity index (χ1v) is 8.81. The second-order valence-corrected chi connectivity index (χ2v) is 6.56. The lowest BCUT2D eigenvalue weighted by molar-refractivity contribution is -0.192. The molecule has 0 aromatic carbocycles. The normalized spacial score (nSPS) is 15.9. The third-order valence-electron chi connectivity index (χ3n) is 4.34. The Morgan fingerprint density at radius 1 is 1.32 bits per heavy atom. The number of likely N-dealkylation sites (tertiary alicyclic amines) is 1. The molecule has 1 saturated heterocycles. The Labute approximate surface area is 159 Å². The smallest absolute Gasteiger partial charge is 0.475 e. The van der Waals surface area contributed by atoms with E-state index in [-0.39, 0.29) is 6.61 Å². The molecule has 1 aliphatic rings. The largest absolute Gasteiger partial charge is 0.490 e. The number of alkyl halides is 3. The number of hydrogen-bond donors (Lipinski definition) is 2. The zero-order chi connectivity index (χ0) is 20.6. The van der Waals surface area contributed by atoms with Crippen LogP contribution in [0.15, 0.2) is 29.2 Å². The van der Waals surface area contributed by atoms with E-state index in [0.29, 0.717) is 12.3 Å². The topological polar surface area (TPSA) is 105 Å². The van der Waals surface area contributed by atoms with Crippen LogP contribution >= 0.6 is 0 Å². The molecule has 0 unspecified atom stereocenters. The van der Waals surface area contributed by atoms with Crippen molar-refractivity contribution in [1.82, 2.24) is 19.9 Å². The summed E-state index contributed by atoms with van der Waals surface area (Å²) >= 11 is 0. The molecule has 0 spiro atoms. The van der Waals surface area contributed by atoms with Crippen LogP contribution in [0.2, 0.25) is 0 Å². The van der Waals surface area contributed by atoms with Crippen LogP contribution in [-0.2, 0) is 24.3 Å². The van der Waals surface area contributed by atoms with Gasteiger partial charge in [0, 0.05) is 37.9 Å². The number of aliphatic hydroxyl groups is 1. The Hall–Kier alpha value is -2.40. The number of aromatic nitrogens is 3. The minimum Gasteiger partial charge on any atom is -0.475 e. The fraction of sp³-hybridized carbons (Fsp3) is 0.588. The molecular weight excluding hydrogens is 381 g/mol. The average Bonchev–Trinajstić information content (AvgIpc) is 3.29. The molecule has 0 saturated carbocycles. The van der Waals surface area contributed by atoms with Crippen LogP contribution in [-0.4, -0.2) is 61.9 Å². The van der Waals surface area contributed by atoms with Crippen LogP contribution in [0.25, 0.3) is 0 Å². The molecular formula is C17H23F3N4O4. The summed E-state index contributed by atoms with van der Waals surface area (Å²) in [6.07, 6.45) is 3.39. The van der Waals surface area contributed by atoms with Crippen molar-refractivity contribution in [3.8, 4) is 0 Å². The molecule has 0 radical (unpaired) electrons. The Kier molecular flexibility index (Phi) is 8.00. The summed E-state index contributed by atoms with van der Waals surface area (Å²) in [5, 5.41) is 24.2. The van der Waals surface area contributed by atoms with Crippen LogP contribution in [0.5, 0.6) is 0 Å². The van der Waals surface area contributed by atoms with Gasteiger partial charge in [-0.2, -0.15) is 13.2 Å². The van der Waals surface area contributed by atoms with Gasteiger partial charge in [-0.1, -0.05) is 5.21 Å². The molecule has 2 aromatic heterocycles. The van der Waals surface area contributed by atoms with E-state index in [1.54, 1.807) is 6.26 Å². The number of hydrogen-bond acceptors (Lipinski definition) is 6. The molecule has 1 fully saturated rings. The molecule has 2 aromatic rings. The van der Waals surface area contributed by atoms with Gasteiger partial charge in [0.15, 0.2) is 0 Å². The van der Waals surface area contributed by atoms with Crippen LogP contribution in [0.3, 0.4) is 0 Å². The van der Waals surface area contributed by atoms with E-state index in [1.165, 1.54) is 18.4 Å². The zero-order valence-electron chi connectivity index (χ0n) is 15.2. The van der Waals surface area contributed by atoms with Crippen molar-refractivity contribution in [2.24, 2.45) is 5.92 Å². The number of aliphatic hydroxyl groups excluding tert-OH is 1. The number of carbonyl (C=O) groups is 1. The monoisotopic (exact) mass is 404 g/mol. The third kappa shape index (κ3) is 7.31. The molecule has 156 valence electrons. The SMILES string of the molecule is O=C(O)C(F)(F)F.OCCc1cn(CC2CCN(Cc3ccoc3)CC2)nn1. The second kappa shape index (κ2) is 10.2. The number of carboxylic acid groups (broad SMARTS) is 1. The lowest BCUT2D eigenvalue weighted by Gasteiger charge is -2.31. The van der Waals surface area contributed by atoms with Crippen molar-refractivity contribution in [1.29, 1.82) is 0 Å². The average molecular weight is 404 g/mol. The molecule has 3 rings (SSSR count). The molecule has 2 N–H and O–H groups in total. The van der Waals surface area contributed by atoms with Crippen LogP contribution in [0.4, 0.5) is 13.2 Å². The lowest BCUT2D eigenvalue weighted by atomic mass is 9.96. The van der Waals surface area contributed by atoms with Gasteiger partial charge in [-0.15, -0.1) is 5.10 Å². The van der Waals surface area contributed by atoms with Gasteiger partial charge in [0.25, 0.3) is 0 Å². The lowest BCUT2D eigenvalue weighted by Crippen LogP contribution is -2.34. The number of furan rings is 1. The summed E-state index contributed by atoms with van der Waals surface area (Å²) in [6, 6.07) is 2.03. The van der Waals surface area contributed by atoms with Crippen molar-refractivity contribution in [3.05, 3.63) is 36.0 Å². The summed E-state index contributed by atoms with van der Waals surface area (Å²) in [5.74, 6) is -2.10. The summed E-state index contributed by atoms with van der Waals surface area (Å²) < 4.78 is 38.8. The van der Waals surface area contributed by atoms with Gasteiger partial charge in [0.2, 0.25) is 0 Å². The predicted molar refractivity (Wildman–Crippen MR) is 91.2 cm³/mol. The highest BCUT2D eigenvalue weighted by Gasteiger charge is 2.38. The van der Waals surface area contributed by atoms with Gasteiger partial charge in [-0.3, -0.25) is 9.58 Å². The van der Waals surface area contributed by atoms with Crippen molar-refractivity contribution in [2.45, 2.75) is 38.5 Å². The first-order valence-electron chi connectivity index (χ1n) is 8.81. The van der Waals surface area contributed by atoms with Gasteiger partial charge in [-0.25, -0.2) is 4.79 Å². The van der Waals surface area contributed by atoms with Gasteiger partial charge in [0.1, 0.15) is 0 Å². The summed E-state index contributed by atoms with van der Waals surface area (Å²) in [7, 11) is 0. The second-order valence-electron chi connectivity index (χ2n) is 6.56. The zero-order valence-corrected chi connectivity index (χ0v) is 15.2. The van der Waals surface area contributed by atoms with E-state index >= 15 is 0 Å². The van der Waals surface area contributed by atoms with Crippen LogP contribution in [0, 0.1) is 5.92 Å². The number of aliphatic carboxylic acids is 1. The van der Waals surface area contributed by atoms with E-state index < -0.39 is 12.1 Å². The van der Waals surface area contributed by atoms with E-state index in [9.17, 15) is 13.2 Å². The molecule has 28 heavy (non-hydrogen) atoms. The third-order valence-corrected chi connectivity index (χ3v) is 4.34. The quantitative estimate of drug-likeness (QED) is 0.758. The van der Waals surface area contributed by atoms with Crippen molar-refractivity contribution in [2.75, 3.05) is 19.7 Å². The maximum absolute atomic E-state index is 10.6. The van der Waals surface area contributed by atoms with Gasteiger partial charge >= 0.3 is 12.1 Å². The maximum Gasteiger partial charge on any atom is 0.490 e. The molecule has 3 heterocycles. The highest BCUT2D eigenvalue weighted by atomic mass is 19.4. The standard InChI is InChI=1S/C15H22N4O2.C2HF3O2/c20-7-3-15-11-19(17-16-15)10-13-1-5-18(6-2-13)9-14-4-8-21-12-14;3-2(4,5)1(6)7/h4,8,11-13,20H,1-3,5-7,9-10H2;(H,6,7). The highest BCUT2D eigenvalue weighted by Crippen LogP contribution is 2.20. The number of carboxylic acids is 1. The molecule has 8 nitrogen and oxygen atoms in total. The fourth-order valence-corrected chi connectivity index (χ4v) is 2.89. The minimum atomic E-state index is -5.08. The first-order chi connectivity index (χ1) is 13.3. The van der Waals surface area contributed by atoms with E-state index in [2.05, 4.69) is 15.2 Å². The van der Waals surface area contributed by atoms with Crippen molar-refractivity contribution < 1.29 is 32.6 Å². The molecule has 0 aliphatic carbocycles. The number of piperidine rings is 1. The Morgan fingerprint density at radius 3 is 2.54 bits per heavy atom. The van der Waals surface area contributed by atoms with E-state index in [0.717, 1.165) is 31.9 Å². The summed E-state index contributed by atoms with van der Waals surface area (Å²) in [4.78, 5) is 11.4. The summed E-state index contributed by atoms with van der Waals surface area (Å²) in [5.41, 5.74) is 2.12. The van der Waals surface area contributed by atoms with Crippen LogP contribution in [0.1, 0.15) is 24.1 Å².